The first-order valence-electron chi connectivity index (χ1n) is 3.88. The molecule has 0 amide bonds. The summed E-state index contributed by atoms with van der Waals surface area (Å²) in [5.74, 6) is 0. The molecule has 0 saturated carbocycles. The molecule has 0 bridgehead atoms. The van der Waals surface area contributed by atoms with E-state index in [1.807, 2.05) is 27.4 Å². The van der Waals surface area contributed by atoms with Gasteiger partial charge in [-0.25, -0.2) is 0 Å². The molecule has 0 unspecified atom stereocenters. The molecular formula is C8H7N3S3. The first-order valence-corrected chi connectivity index (χ1v) is 6.58. The van der Waals surface area contributed by atoms with Crippen molar-refractivity contribution in [3.05, 3.63) is 24.3 Å². The summed E-state index contributed by atoms with van der Waals surface area (Å²) in [6.45, 7) is 0. The number of para-hydroxylation sites is 1. The highest BCUT2D eigenvalue weighted by Gasteiger charge is 2.18. The Hall–Kier alpha value is -0.480. The quantitative estimate of drug-likeness (QED) is 0.379. The van der Waals surface area contributed by atoms with Gasteiger partial charge in [0.15, 0.2) is 0 Å². The van der Waals surface area contributed by atoms with Crippen LogP contribution in [-0.2, 0) is 0 Å². The van der Waals surface area contributed by atoms with Crippen LogP contribution in [0.5, 0.6) is 0 Å². The summed E-state index contributed by atoms with van der Waals surface area (Å²) in [7, 11) is 0. The molecule has 0 aromatic heterocycles. The Kier molecular flexibility index (Phi) is 3.48. The van der Waals surface area contributed by atoms with E-state index in [0.717, 1.165) is 10.8 Å². The summed E-state index contributed by atoms with van der Waals surface area (Å²) in [5.41, 5.74) is 4.36. The van der Waals surface area contributed by atoms with Crippen LogP contribution in [-0.4, -0.2) is 8.90 Å². The second-order valence-corrected chi connectivity index (χ2v) is 5.70. The molecule has 0 radical (unpaired) electrons. The standard InChI is InChI=1S/C8H7N3S3/c9-5-12-6-13-11-10-7-3-1-2-4-8(7)14-11/h1-4,10H,6H2. The molecule has 1 aliphatic rings. The molecule has 1 heterocycles. The van der Waals surface area contributed by atoms with Gasteiger partial charge in [0.25, 0.3) is 0 Å². The van der Waals surface area contributed by atoms with Crippen molar-refractivity contribution in [1.82, 2.24) is 3.82 Å². The zero-order valence-electron chi connectivity index (χ0n) is 7.14. The number of thiocyanates is 1. The number of hydrogen-bond acceptors (Lipinski definition) is 6. The Labute approximate surface area is 95.5 Å². The lowest BCUT2D eigenvalue weighted by Gasteiger charge is -2.10. The third-order valence-corrected chi connectivity index (χ3v) is 4.27. The molecule has 72 valence electrons. The molecule has 0 fully saturated rings. The normalized spacial score (nSPS) is 14.5. The molecule has 14 heavy (non-hydrogen) atoms. The van der Waals surface area contributed by atoms with Crippen LogP contribution in [0.15, 0.2) is 29.2 Å². The van der Waals surface area contributed by atoms with E-state index in [4.69, 9.17) is 5.26 Å². The number of thioether (sulfide) groups is 1. The van der Waals surface area contributed by atoms with Gasteiger partial charge < -0.3 is 0 Å². The zero-order valence-corrected chi connectivity index (χ0v) is 9.59. The van der Waals surface area contributed by atoms with Crippen molar-refractivity contribution in [1.29, 1.82) is 5.26 Å². The van der Waals surface area contributed by atoms with Crippen LogP contribution in [0.1, 0.15) is 0 Å². The van der Waals surface area contributed by atoms with Crippen molar-refractivity contribution in [3.8, 4) is 5.40 Å². The predicted molar refractivity (Wildman–Crippen MR) is 63.4 cm³/mol. The number of nitrogens with one attached hydrogen (secondary N) is 1. The van der Waals surface area contributed by atoms with E-state index in [9.17, 15) is 0 Å². The lowest BCUT2D eigenvalue weighted by molar-refractivity contribution is 0.938. The first-order chi connectivity index (χ1) is 6.90. The van der Waals surface area contributed by atoms with E-state index in [1.54, 1.807) is 23.9 Å². The highest BCUT2D eigenvalue weighted by molar-refractivity contribution is 8.21. The van der Waals surface area contributed by atoms with Gasteiger partial charge in [0.1, 0.15) is 5.40 Å². The molecule has 1 aromatic carbocycles. The van der Waals surface area contributed by atoms with Gasteiger partial charge in [-0.05, 0) is 47.8 Å². The van der Waals surface area contributed by atoms with Gasteiger partial charge in [0.2, 0.25) is 0 Å². The fourth-order valence-electron chi connectivity index (χ4n) is 1.01. The van der Waals surface area contributed by atoms with E-state index in [-0.39, 0.29) is 0 Å². The fraction of sp³-hybridized carbons (Fsp3) is 0.125. The monoisotopic (exact) mass is 241 g/mol. The predicted octanol–water partition coefficient (Wildman–Crippen LogP) is 3.16. The number of anilines is 1. The topological polar surface area (TPSA) is 39.1 Å². The minimum atomic E-state index is 0.741. The summed E-state index contributed by atoms with van der Waals surface area (Å²) >= 11 is 4.49. The number of nitrogens with zero attached hydrogens (tertiary/aromatic N) is 2. The van der Waals surface area contributed by atoms with Gasteiger partial charge >= 0.3 is 0 Å². The molecule has 0 atom stereocenters. The van der Waals surface area contributed by atoms with Crippen LogP contribution in [0.2, 0.25) is 0 Å². The maximum Gasteiger partial charge on any atom is 0.134 e. The number of hydrazine groups is 1. The summed E-state index contributed by atoms with van der Waals surface area (Å²) in [6, 6.07) is 8.14. The molecule has 2 rings (SSSR count). The van der Waals surface area contributed by atoms with E-state index in [2.05, 4.69) is 11.5 Å². The lowest BCUT2D eigenvalue weighted by Crippen LogP contribution is -2.08. The third kappa shape index (κ3) is 2.30. The Bertz CT molecular complexity index is 338. The van der Waals surface area contributed by atoms with Crippen molar-refractivity contribution in [2.45, 2.75) is 4.90 Å². The average molecular weight is 241 g/mol. The fourth-order valence-corrected chi connectivity index (χ4v) is 3.49. The number of rotatable bonds is 3. The van der Waals surface area contributed by atoms with Gasteiger partial charge in [0, 0.05) is 0 Å². The van der Waals surface area contributed by atoms with Crippen molar-refractivity contribution in [2.75, 3.05) is 10.5 Å². The zero-order chi connectivity index (χ0) is 9.80. The van der Waals surface area contributed by atoms with Gasteiger partial charge in [0.05, 0.1) is 15.7 Å². The van der Waals surface area contributed by atoms with Gasteiger partial charge in [-0.2, -0.15) is 5.26 Å². The average Bonchev–Trinajstić information content (AvgIpc) is 2.60. The van der Waals surface area contributed by atoms with Crippen LogP contribution < -0.4 is 5.43 Å². The van der Waals surface area contributed by atoms with Crippen molar-refractivity contribution in [2.24, 2.45) is 0 Å². The van der Waals surface area contributed by atoms with Crippen LogP contribution >= 0.6 is 35.7 Å². The maximum absolute atomic E-state index is 8.37. The molecule has 3 nitrogen and oxygen atoms in total. The van der Waals surface area contributed by atoms with Crippen molar-refractivity contribution in [3.63, 3.8) is 0 Å². The summed E-state index contributed by atoms with van der Waals surface area (Å²) in [4.78, 5) is 1.22. The Morgan fingerprint density at radius 2 is 2.36 bits per heavy atom. The molecule has 1 N–H and O–H groups in total. The molecule has 1 aromatic rings. The third-order valence-electron chi connectivity index (χ3n) is 1.57. The molecule has 0 spiro atoms. The van der Waals surface area contributed by atoms with Crippen LogP contribution in [0, 0.1) is 10.7 Å². The number of nitriles is 1. The highest BCUT2D eigenvalue weighted by atomic mass is 32.2. The van der Waals surface area contributed by atoms with Gasteiger partial charge in [-0.3, -0.25) is 5.43 Å². The summed E-state index contributed by atoms with van der Waals surface area (Å²) in [6.07, 6.45) is 0. The lowest BCUT2D eigenvalue weighted by atomic mass is 10.3. The molecule has 0 aliphatic carbocycles. The van der Waals surface area contributed by atoms with E-state index < -0.39 is 0 Å². The van der Waals surface area contributed by atoms with E-state index in [1.165, 1.54) is 16.7 Å². The smallest absolute Gasteiger partial charge is 0.134 e. The first kappa shape index (κ1) is 10.1. The molecule has 6 heteroatoms. The molecule has 0 saturated heterocycles. The van der Waals surface area contributed by atoms with Gasteiger partial charge in [-0.1, -0.05) is 12.1 Å². The summed E-state index contributed by atoms with van der Waals surface area (Å²) < 4.78 is 1.97. The number of hydrogen-bond donors (Lipinski definition) is 1. The minimum absolute atomic E-state index is 0.741. The van der Waals surface area contributed by atoms with Crippen LogP contribution in [0.25, 0.3) is 0 Å². The van der Waals surface area contributed by atoms with Crippen molar-refractivity contribution >= 4 is 41.3 Å². The van der Waals surface area contributed by atoms with E-state index in [0.29, 0.717) is 0 Å². The summed E-state index contributed by atoms with van der Waals surface area (Å²) in [5, 5.41) is 11.2. The number of benzene rings is 1. The molecule has 1 aliphatic heterocycles. The maximum atomic E-state index is 8.37. The second kappa shape index (κ2) is 4.84. The second-order valence-electron chi connectivity index (χ2n) is 2.44. The van der Waals surface area contributed by atoms with Crippen LogP contribution in [0.4, 0.5) is 5.69 Å². The van der Waals surface area contributed by atoms with E-state index >= 15 is 0 Å². The van der Waals surface area contributed by atoms with Gasteiger partial charge in [-0.15, -0.1) is 3.82 Å². The minimum Gasteiger partial charge on any atom is -0.298 e. The van der Waals surface area contributed by atoms with Crippen molar-refractivity contribution < 1.29 is 0 Å². The largest absolute Gasteiger partial charge is 0.298 e. The van der Waals surface area contributed by atoms with Crippen LogP contribution in [0.3, 0.4) is 0 Å². The Balaban J connectivity index is 1.89. The SMILES string of the molecule is N#CSCSN1Nc2ccccc2S1. The Morgan fingerprint density at radius 3 is 3.14 bits per heavy atom. The number of fused-ring (bicyclic) bond motifs is 1. The highest BCUT2D eigenvalue weighted by Crippen LogP contribution is 2.41. The molecular weight excluding hydrogens is 234 g/mol. The Morgan fingerprint density at radius 1 is 1.50 bits per heavy atom.